The summed E-state index contributed by atoms with van der Waals surface area (Å²) in [6.07, 6.45) is 0.978. The van der Waals surface area contributed by atoms with Crippen LogP contribution in [0.5, 0.6) is 0 Å². The first-order valence-corrected chi connectivity index (χ1v) is 9.11. The summed E-state index contributed by atoms with van der Waals surface area (Å²) < 4.78 is 34.2. The van der Waals surface area contributed by atoms with Crippen LogP contribution in [0.2, 0.25) is 0 Å². The number of phosphoric acid groups is 1. The van der Waals surface area contributed by atoms with Crippen molar-refractivity contribution in [2.75, 3.05) is 0 Å². The number of fused-ring (bicyclic) bond motifs is 1. The second-order valence-electron chi connectivity index (χ2n) is 6.59. The van der Waals surface area contributed by atoms with Gasteiger partial charge in [0.25, 0.3) is 7.82 Å². The first-order chi connectivity index (χ1) is 9.63. The molecule has 124 valence electrons. The third-order valence-corrected chi connectivity index (χ3v) is 5.07. The molecule has 1 aliphatic carbocycles. The minimum absolute atomic E-state index is 0.0485. The second-order valence-corrected chi connectivity index (χ2v) is 7.88. The molecule has 1 saturated heterocycles. The number of hydrogen-bond acceptors (Lipinski definition) is 6. The van der Waals surface area contributed by atoms with Crippen LogP contribution in [0.25, 0.3) is 0 Å². The number of ether oxygens (including phenoxy) is 2. The average molecular weight is 321 g/mol. The van der Waals surface area contributed by atoms with Crippen molar-refractivity contribution in [2.45, 2.75) is 90.0 Å². The van der Waals surface area contributed by atoms with Crippen LogP contribution in [0.1, 0.15) is 53.9 Å². The average Bonchev–Trinajstić information content (AvgIpc) is 2.71. The van der Waals surface area contributed by atoms with Crippen LogP contribution in [-0.2, 0) is 23.1 Å². The number of hydrogen-bond donors (Lipinski definition) is 0. The Hall–Kier alpha value is 0.0300. The summed E-state index contributed by atoms with van der Waals surface area (Å²) >= 11 is 0. The molecule has 2 rings (SSSR count). The van der Waals surface area contributed by atoms with Gasteiger partial charge < -0.3 is 23.4 Å². The van der Waals surface area contributed by atoms with Crippen molar-refractivity contribution in [1.29, 1.82) is 0 Å². The normalized spacial score (nSPS) is 39.0. The summed E-state index contributed by atoms with van der Waals surface area (Å²) in [6, 6.07) is 0. The molecule has 0 bridgehead atoms. The second kappa shape index (κ2) is 6.26. The van der Waals surface area contributed by atoms with Crippen LogP contribution in [0.4, 0.5) is 0 Å². The van der Waals surface area contributed by atoms with Gasteiger partial charge in [0.05, 0.1) is 24.4 Å². The molecule has 0 spiro atoms. The lowest BCUT2D eigenvalue weighted by Gasteiger charge is -2.36. The summed E-state index contributed by atoms with van der Waals surface area (Å²) in [5.74, 6) is 0. The molecule has 1 saturated carbocycles. The zero-order valence-corrected chi connectivity index (χ0v) is 14.3. The fourth-order valence-electron chi connectivity index (χ4n) is 3.36. The third kappa shape index (κ3) is 4.06. The van der Waals surface area contributed by atoms with E-state index in [1.165, 1.54) is 0 Å². The lowest BCUT2D eigenvalue weighted by Crippen LogP contribution is -2.42. The lowest BCUT2D eigenvalue weighted by atomic mass is 9.96. The summed E-state index contributed by atoms with van der Waals surface area (Å²) in [4.78, 5) is 12.1. The smallest absolute Gasteiger partial charge is 0.268 e. The van der Waals surface area contributed by atoms with Crippen molar-refractivity contribution in [3.05, 3.63) is 0 Å². The van der Waals surface area contributed by atoms with Crippen molar-refractivity contribution in [3.63, 3.8) is 0 Å². The molecule has 7 heteroatoms. The van der Waals surface area contributed by atoms with E-state index in [2.05, 4.69) is 0 Å². The highest BCUT2D eigenvalue weighted by atomic mass is 31.2. The summed E-state index contributed by atoms with van der Waals surface area (Å²) in [5.41, 5.74) is -0.842. The topological polar surface area (TPSA) is 77.1 Å². The van der Waals surface area contributed by atoms with Gasteiger partial charge in [0.1, 0.15) is 11.7 Å². The molecule has 1 aliphatic heterocycles. The molecule has 2 fully saturated rings. The van der Waals surface area contributed by atoms with E-state index in [4.69, 9.17) is 18.5 Å². The molecular weight excluding hydrogens is 295 g/mol. The van der Waals surface area contributed by atoms with E-state index < -0.39 is 19.5 Å². The molecule has 0 N–H and O–H groups in total. The monoisotopic (exact) mass is 321 g/mol. The number of rotatable bonds is 6. The third-order valence-electron chi connectivity index (χ3n) is 3.80. The maximum Gasteiger partial charge on any atom is 0.268 e. The van der Waals surface area contributed by atoms with Crippen LogP contribution >= 0.6 is 7.82 Å². The Bertz CT molecular complexity index is 412. The van der Waals surface area contributed by atoms with Crippen molar-refractivity contribution < 1.29 is 28.0 Å². The van der Waals surface area contributed by atoms with Gasteiger partial charge in [0, 0.05) is 6.42 Å². The minimum Gasteiger partial charge on any atom is -0.756 e. The first-order valence-electron chi connectivity index (χ1n) is 7.65. The van der Waals surface area contributed by atoms with Gasteiger partial charge in [-0.25, -0.2) is 0 Å². The maximum atomic E-state index is 12.1. The Labute approximate surface area is 126 Å². The fraction of sp³-hybridized carbons (Fsp3) is 1.00. The quantitative estimate of drug-likeness (QED) is 0.699. The summed E-state index contributed by atoms with van der Waals surface area (Å²) in [5, 5.41) is 0. The van der Waals surface area contributed by atoms with Crippen molar-refractivity contribution >= 4 is 7.82 Å². The highest BCUT2D eigenvalue weighted by Crippen LogP contribution is 2.55. The molecular formula is C14H26O6P-. The van der Waals surface area contributed by atoms with Crippen molar-refractivity contribution in [1.82, 2.24) is 0 Å². The molecule has 21 heavy (non-hydrogen) atoms. The maximum absolute atomic E-state index is 12.1. The van der Waals surface area contributed by atoms with Crippen LogP contribution < -0.4 is 4.89 Å². The first kappa shape index (κ1) is 17.4. The molecule has 0 aromatic rings. The Morgan fingerprint density at radius 2 is 1.95 bits per heavy atom. The van der Waals surface area contributed by atoms with E-state index in [0.717, 1.165) is 6.42 Å². The van der Waals surface area contributed by atoms with Crippen LogP contribution in [0, 0.1) is 0 Å². The van der Waals surface area contributed by atoms with Gasteiger partial charge in [0.15, 0.2) is 0 Å². The zero-order chi connectivity index (χ0) is 15.8. The van der Waals surface area contributed by atoms with Crippen molar-refractivity contribution in [2.24, 2.45) is 0 Å². The van der Waals surface area contributed by atoms with E-state index in [0.29, 0.717) is 12.8 Å². The van der Waals surface area contributed by atoms with Gasteiger partial charge in [-0.05, 0) is 47.5 Å². The largest absolute Gasteiger partial charge is 0.756 e. The van der Waals surface area contributed by atoms with Crippen molar-refractivity contribution in [3.8, 4) is 0 Å². The summed E-state index contributed by atoms with van der Waals surface area (Å²) in [6.45, 7) is 9.17. The molecule has 1 heterocycles. The predicted octanol–water partition coefficient (Wildman–Crippen LogP) is 2.40. The molecule has 0 amide bonds. The lowest BCUT2D eigenvalue weighted by molar-refractivity contribution is -0.242. The van der Waals surface area contributed by atoms with Crippen LogP contribution in [-0.4, -0.2) is 36.1 Å². The van der Waals surface area contributed by atoms with Gasteiger partial charge in [0.2, 0.25) is 0 Å². The Balaban J connectivity index is 2.13. The van der Waals surface area contributed by atoms with Gasteiger partial charge in [-0.3, -0.25) is 4.57 Å². The van der Waals surface area contributed by atoms with Gasteiger partial charge >= 0.3 is 0 Å². The van der Waals surface area contributed by atoms with Crippen LogP contribution in [0.3, 0.4) is 0 Å². The van der Waals surface area contributed by atoms with E-state index in [-0.39, 0.29) is 24.4 Å². The molecule has 2 aliphatic rings. The SMILES string of the molecule is CC(C)O[C@H]1CCC2(OP(=O)([O-])OC(C)C)C[C@H](C)OC12. The summed E-state index contributed by atoms with van der Waals surface area (Å²) in [7, 11) is -4.35. The van der Waals surface area contributed by atoms with Gasteiger partial charge in [-0.15, -0.1) is 0 Å². The molecule has 5 atom stereocenters. The highest BCUT2D eigenvalue weighted by Gasteiger charge is 2.58. The Morgan fingerprint density at radius 3 is 2.52 bits per heavy atom. The molecule has 0 aromatic heterocycles. The van der Waals surface area contributed by atoms with Crippen LogP contribution in [0.15, 0.2) is 0 Å². The highest BCUT2D eigenvalue weighted by molar-refractivity contribution is 7.45. The molecule has 0 aromatic carbocycles. The Kier molecular flexibility index (Phi) is 5.19. The Morgan fingerprint density at radius 1 is 1.29 bits per heavy atom. The standard InChI is InChI=1S/C14H27O6P/c1-9(2)17-12-6-7-14(8-11(5)18-13(12)14)20-21(15,16)19-10(3)4/h9-13H,6-8H2,1-5H3,(H,15,16)/p-1/t11-,12-,13?,14?/m0/s1. The molecule has 3 unspecified atom stereocenters. The molecule has 0 radical (unpaired) electrons. The minimum atomic E-state index is -4.35. The zero-order valence-electron chi connectivity index (χ0n) is 13.4. The number of phosphoric ester groups is 1. The van der Waals surface area contributed by atoms with E-state index >= 15 is 0 Å². The van der Waals surface area contributed by atoms with Gasteiger partial charge in [-0.1, -0.05) is 0 Å². The van der Waals surface area contributed by atoms with E-state index in [1.807, 2.05) is 20.8 Å². The van der Waals surface area contributed by atoms with E-state index in [1.54, 1.807) is 13.8 Å². The molecule has 6 nitrogen and oxygen atoms in total. The predicted molar refractivity (Wildman–Crippen MR) is 75.8 cm³/mol. The van der Waals surface area contributed by atoms with E-state index in [9.17, 15) is 9.46 Å². The van der Waals surface area contributed by atoms with Gasteiger partial charge in [-0.2, -0.15) is 0 Å². The fourth-order valence-corrected chi connectivity index (χ4v) is 4.63.